The Morgan fingerprint density at radius 1 is 1.22 bits per heavy atom. The van der Waals surface area contributed by atoms with Gasteiger partial charge in [-0.25, -0.2) is 0 Å². The highest BCUT2D eigenvalue weighted by atomic mass is 79.9. The zero-order valence-electron chi connectivity index (χ0n) is 9.12. The van der Waals surface area contributed by atoms with Gasteiger partial charge in [-0.15, -0.1) is 0 Å². The number of benzene rings is 1. The zero-order chi connectivity index (χ0) is 13.1. The van der Waals surface area contributed by atoms with E-state index in [1.54, 1.807) is 12.1 Å². The lowest BCUT2D eigenvalue weighted by Crippen LogP contribution is -2.02. The lowest BCUT2D eigenvalue weighted by atomic mass is 10.3. The molecule has 0 saturated heterocycles. The van der Waals surface area contributed by atoms with E-state index >= 15 is 0 Å². The Morgan fingerprint density at radius 2 is 2.00 bits per heavy atom. The lowest BCUT2D eigenvalue weighted by molar-refractivity contribution is 0.379. The molecule has 0 amide bonds. The van der Waals surface area contributed by atoms with Crippen molar-refractivity contribution in [1.29, 1.82) is 0 Å². The van der Waals surface area contributed by atoms with Crippen LogP contribution in [0, 0.1) is 0 Å². The first-order valence-electron chi connectivity index (χ1n) is 4.76. The molecule has 8 heteroatoms. The number of methoxy groups -OCH3 is 1. The van der Waals surface area contributed by atoms with Gasteiger partial charge in [0, 0.05) is 4.47 Å². The quantitative estimate of drug-likeness (QED) is 0.915. The first kappa shape index (κ1) is 13.3. The van der Waals surface area contributed by atoms with Crippen molar-refractivity contribution in [2.45, 2.75) is 0 Å². The number of anilines is 2. The summed E-state index contributed by atoms with van der Waals surface area (Å²) in [6, 6.07) is 5.50. The number of aromatic nitrogens is 3. The van der Waals surface area contributed by atoms with Crippen molar-refractivity contribution in [1.82, 2.24) is 15.0 Å². The molecule has 2 aromatic rings. The maximum absolute atomic E-state index is 6.04. The van der Waals surface area contributed by atoms with E-state index in [1.165, 1.54) is 7.11 Å². The molecule has 1 N–H and O–H groups in total. The molecular formula is C10H7BrCl2N4O. The van der Waals surface area contributed by atoms with Gasteiger partial charge in [0.2, 0.25) is 11.2 Å². The number of nitrogens with one attached hydrogen (secondary N) is 1. The minimum atomic E-state index is 0.0375. The van der Waals surface area contributed by atoms with Crippen LogP contribution in [0.25, 0.3) is 0 Å². The molecule has 18 heavy (non-hydrogen) atoms. The van der Waals surface area contributed by atoms with Crippen LogP contribution in [0.3, 0.4) is 0 Å². The number of hydrogen-bond acceptors (Lipinski definition) is 5. The molecular weight excluding hydrogens is 343 g/mol. The Hall–Kier alpha value is -1.11. The molecule has 0 saturated carbocycles. The molecule has 0 fully saturated rings. The maximum atomic E-state index is 6.04. The molecule has 1 aromatic heterocycles. The highest BCUT2D eigenvalue weighted by Crippen LogP contribution is 2.28. The van der Waals surface area contributed by atoms with Gasteiger partial charge in [0.25, 0.3) is 0 Å². The van der Waals surface area contributed by atoms with Gasteiger partial charge in [0.15, 0.2) is 0 Å². The fraction of sp³-hybridized carbons (Fsp3) is 0.100. The van der Waals surface area contributed by atoms with Gasteiger partial charge in [-0.2, -0.15) is 15.0 Å². The van der Waals surface area contributed by atoms with E-state index in [2.05, 4.69) is 36.2 Å². The predicted molar refractivity (Wildman–Crippen MR) is 73.8 cm³/mol. The summed E-state index contributed by atoms with van der Waals surface area (Å²) in [6.07, 6.45) is 0. The van der Waals surface area contributed by atoms with Crippen LogP contribution in [0.1, 0.15) is 0 Å². The highest BCUT2D eigenvalue weighted by Gasteiger charge is 2.07. The van der Waals surface area contributed by atoms with Gasteiger partial charge >= 0.3 is 6.01 Å². The van der Waals surface area contributed by atoms with Crippen molar-refractivity contribution in [2.24, 2.45) is 0 Å². The molecule has 0 aliphatic heterocycles. The van der Waals surface area contributed by atoms with Crippen molar-refractivity contribution in [3.63, 3.8) is 0 Å². The molecule has 0 aliphatic carbocycles. The third-order valence-electron chi connectivity index (χ3n) is 1.95. The SMILES string of the molecule is COc1nc(Cl)nc(Nc2cc(Br)ccc2Cl)n1. The number of nitrogens with zero attached hydrogens (tertiary/aromatic N) is 3. The summed E-state index contributed by atoms with van der Waals surface area (Å²) in [7, 11) is 1.45. The van der Waals surface area contributed by atoms with Crippen molar-refractivity contribution in [2.75, 3.05) is 12.4 Å². The number of rotatable bonds is 3. The molecule has 0 aliphatic rings. The standard InChI is InChI=1S/C10H7BrCl2N4O/c1-18-10-16-8(13)15-9(17-10)14-7-4-5(11)2-3-6(7)12/h2-4H,1H3,(H,14,15,16,17). The third kappa shape index (κ3) is 3.22. The van der Waals surface area contributed by atoms with Crippen LogP contribution in [0.5, 0.6) is 6.01 Å². The molecule has 0 unspecified atom stereocenters. The molecule has 94 valence electrons. The molecule has 0 atom stereocenters. The fourth-order valence-electron chi connectivity index (χ4n) is 1.19. The van der Waals surface area contributed by atoms with Crippen LogP contribution in [0.2, 0.25) is 10.3 Å². The highest BCUT2D eigenvalue weighted by molar-refractivity contribution is 9.10. The minimum Gasteiger partial charge on any atom is -0.467 e. The van der Waals surface area contributed by atoms with Crippen LogP contribution in [-0.2, 0) is 0 Å². The second kappa shape index (κ2) is 5.69. The Balaban J connectivity index is 2.33. The zero-order valence-corrected chi connectivity index (χ0v) is 12.2. The smallest absolute Gasteiger partial charge is 0.322 e. The summed E-state index contributed by atoms with van der Waals surface area (Å²) in [6.45, 7) is 0. The fourth-order valence-corrected chi connectivity index (χ4v) is 1.87. The summed E-state index contributed by atoms with van der Waals surface area (Å²) < 4.78 is 5.77. The topological polar surface area (TPSA) is 59.9 Å². The average Bonchev–Trinajstić information content (AvgIpc) is 2.33. The minimum absolute atomic E-state index is 0.0375. The Kier molecular flexibility index (Phi) is 4.21. The van der Waals surface area contributed by atoms with E-state index < -0.39 is 0 Å². The van der Waals surface area contributed by atoms with Gasteiger partial charge < -0.3 is 10.1 Å². The van der Waals surface area contributed by atoms with Crippen LogP contribution in [0.15, 0.2) is 22.7 Å². The lowest BCUT2D eigenvalue weighted by Gasteiger charge is -2.08. The summed E-state index contributed by atoms with van der Waals surface area (Å²) in [5.74, 6) is 0.256. The normalized spacial score (nSPS) is 10.2. The molecule has 0 radical (unpaired) electrons. The van der Waals surface area contributed by atoms with Gasteiger partial charge in [-0.3, -0.25) is 0 Å². The van der Waals surface area contributed by atoms with Crippen LogP contribution in [-0.4, -0.2) is 22.1 Å². The summed E-state index contributed by atoms with van der Waals surface area (Å²) in [5, 5.41) is 3.51. The first-order valence-corrected chi connectivity index (χ1v) is 6.31. The second-order valence-corrected chi connectivity index (χ2v) is 4.82. The van der Waals surface area contributed by atoms with Crippen LogP contribution < -0.4 is 10.1 Å². The number of halogens is 3. The van der Waals surface area contributed by atoms with E-state index in [4.69, 9.17) is 27.9 Å². The van der Waals surface area contributed by atoms with Crippen LogP contribution >= 0.6 is 39.1 Å². The molecule has 1 heterocycles. The Bertz CT molecular complexity index is 582. The summed E-state index contributed by atoms with van der Waals surface area (Å²) in [5.41, 5.74) is 0.648. The van der Waals surface area contributed by atoms with E-state index in [-0.39, 0.29) is 17.2 Å². The molecule has 1 aromatic carbocycles. The molecule has 5 nitrogen and oxygen atoms in total. The van der Waals surface area contributed by atoms with E-state index in [0.717, 1.165) is 4.47 Å². The second-order valence-electron chi connectivity index (χ2n) is 3.16. The largest absolute Gasteiger partial charge is 0.467 e. The molecule has 0 spiro atoms. The number of hydrogen-bond donors (Lipinski definition) is 1. The van der Waals surface area contributed by atoms with E-state index in [9.17, 15) is 0 Å². The monoisotopic (exact) mass is 348 g/mol. The number of ether oxygens (including phenoxy) is 1. The van der Waals surface area contributed by atoms with Crippen LogP contribution in [0.4, 0.5) is 11.6 Å². The van der Waals surface area contributed by atoms with Gasteiger partial charge in [0.1, 0.15) is 0 Å². The van der Waals surface area contributed by atoms with Crippen molar-refractivity contribution in [3.05, 3.63) is 33.0 Å². The average molecular weight is 350 g/mol. The van der Waals surface area contributed by atoms with E-state index in [0.29, 0.717) is 10.7 Å². The Morgan fingerprint density at radius 3 is 2.72 bits per heavy atom. The Labute approximate surface area is 122 Å². The van der Waals surface area contributed by atoms with Gasteiger partial charge in [-0.05, 0) is 29.8 Å². The van der Waals surface area contributed by atoms with Crippen molar-refractivity contribution < 1.29 is 4.74 Å². The van der Waals surface area contributed by atoms with Crippen molar-refractivity contribution >= 4 is 50.8 Å². The molecule has 2 rings (SSSR count). The first-order chi connectivity index (χ1) is 8.58. The van der Waals surface area contributed by atoms with Gasteiger partial charge in [0.05, 0.1) is 17.8 Å². The predicted octanol–water partition coefficient (Wildman–Crippen LogP) is 3.69. The maximum Gasteiger partial charge on any atom is 0.322 e. The van der Waals surface area contributed by atoms with E-state index in [1.807, 2.05) is 6.07 Å². The summed E-state index contributed by atoms with van der Waals surface area (Å²) in [4.78, 5) is 11.7. The van der Waals surface area contributed by atoms with Gasteiger partial charge in [-0.1, -0.05) is 27.5 Å². The molecule has 0 bridgehead atoms. The van der Waals surface area contributed by atoms with Crippen molar-refractivity contribution in [3.8, 4) is 6.01 Å². The summed E-state index contributed by atoms with van der Waals surface area (Å²) >= 11 is 15.1. The third-order valence-corrected chi connectivity index (χ3v) is 2.94.